The highest BCUT2D eigenvalue weighted by atomic mass is 35.5. The zero-order valence-corrected chi connectivity index (χ0v) is 14.6. The third kappa shape index (κ3) is 3.39. The Hall–Kier alpha value is -2.93. The second kappa shape index (κ2) is 7.13. The van der Waals surface area contributed by atoms with E-state index in [-0.39, 0.29) is 18.5 Å². The van der Waals surface area contributed by atoms with Crippen molar-refractivity contribution in [3.8, 4) is 17.1 Å². The quantitative estimate of drug-likeness (QED) is 0.764. The van der Waals surface area contributed by atoms with Crippen LogP contribution in [0.2, 0.25) is 5.02 Å². The molecule has 0 fully saturated rings. The van der Waals surface area contributed by atoms with Crippen molar-refractivity contribution in [2.75, 3.05) is 6.61 Å². The molecule has 0 unspecified atom stereocenters. The van der Waals surface area contributed by atoms with E-state index in [4.69, 9.17) is 16.3 Å². The number of aromatic nitrogens is 4. The molecule has 4 rings (SSSR count). The number of carbonyl (C=O) groups excluding carboxylic acids is 1. The molecule has 132 valence electrons. The second-order valence-corrected chi connectivity index (χ2v) is 6.33. The number of tetrazole rings is 1. The predicted octanol–water partition coefficient (Wildman–Crippen LogP) is 2.63. The van der Waals surface area contributed by atoms with Crippen LogP contribution < -0.4 is 10.1 Å². The predicted molar refractivity (Wildman–Crippen MR) is 95.7 cm³/mol. The molecule has 0 bridgehead atoms. The van der Waals surface area contributed by atoms with Crippen molar-refractivity contribution in [3.63, 3.8) is 0 Å². The van der Waals surface area contributed by atoms with Gasteiger partial charge in [0.1, 0.15) is 12.3 Å². The van der Waals surface area contributed by atoms with Crippen LogP contribution >= 0.6 is 11.6 Å². The Bertz CT molecular complexity index is 943. The van der Waals surface area contributed by atoms with Gasteiger partial charge in [-0.3, -0.25) is 4.79 Å². The van der Waals surface area contributed by atoms with Crippen LogP contribution in [0, 0.1) is 0 Å². The van der Waals surface area contributed by atoms with Crippen LogP contribution in [0.5, 0.6) is 5.75 Å². The van der Waals surface area contributed by atoms with Crippen molar-refractivity contribution in [3.05, 3.63) is 59.1 Å². The Morgan fingerprint density at radius 1 is 1.23 bits per heavy atom. The molecule has 1 amide bonds. The molecular weight excluding hydrogens is 354 g/mol. The minimum absolute atomic E-state index is 0.0169. The van der Waals surface area contributed by atoms with Crippen molar-refractivity contribution >= 4 is 17.5 Å². The van der Waals surface area contributed by atoms with E-state index in [1.165, 1.54) is 4.80 Å². The Morgan fingerprint density at radius 2 is 2.04 bits per heavy atom. The molecule has 2 heterocycles. The highest BCUT2D eigenvalue weighted by Gasteiger charge is 2.23. The third-order valence-electron chi connectivity index (χ3n) is 4.15. The van der Waals surface area contributed by atoms with Crippen molar-refractivity contribution in [1.29, 1.82) is 0 Å². The first-order valence-corrected chi connectivity index (χ1v) is 8.62. The number of fused-ring (bicyclic) bond motifs is 1. The van der Waals surface area contributed by atoms with Crippen LogP contribution in [0.1, 0.15) is 18.0 Å². The van der Waals surface area contributed by atoms with Gasteiger partial charge in [0.2, 0.25) is 11.7 Å². The molecular formula is C18H16ClN5O2. The van der Waals surface area contributed by atoms with Gasteiger partial charge in [0, 0.05) is 17.5 Å². The summed E-state index contributed by atoms with van der Waals surface area (Å²) in [5, 5.41) is 15.7. The summed E-state index contributed by atoms with van der Waals surface area (Å²) in [7, 11) is 0. The molecule has 3 aromatic rings. The van der Waals surface area contributed by atoms with Gasteiger partial charge in [-0.1, -0.05) is 41.9 Å². The molecule has 8 heteroatoms. The van der Waals surface area contributed by atoms with Crippen LogP contribution in [-0.4, -0.2) is 32.7 Å². The standard InChI is InChI=1S/C18H16ClN5O2/c19-14-7-3-1-5-12(14)18-21-23-24(22-18)11-17(25)20-15-9-10-26-16-8-4-2-6-13(15)16/h1-8,15H,9-11H2,(H,20,25)/t15-/m1/s1. The number of para-hydroxylation sites is 1. The zero-order chi connectivity index (χ0) is 17.9. The van der Waals surface area contributed by atoms with Crippen LogP contribution in [0.15, 0.2) is 48.5 Å². The summed E-state index contributed by atoms with van der Waals surface area (Å²) in [6.45, 7) is 0.553. The lowest BCUT2D eigenvalue weighted by Crippen LogP contribution is -2.34. The average molecular weight is 370 g/mol. The van der Waals surface area contributed by atoms with Gasteiger partial charge in [-0.2, -0.15) is 4.80 Å². The van der Waals surface area contributed by atoms with E-state index in [0.29, 0.717) is 23.0 Å². The number of benzene rings is 2. The molecule has 1 aromatic heterocycles. The first-order valence-electron chi connectivity index (χ1n) is 8.24. The molecule has 0 aliphatic carbocycles. The van der Waals surface area contributed by atoms with E-state index < -0.39 is 0 Å². The number of nitrogens with one attached hydrogen (secondary N) is 1. The van der Waals surface area contributed by atoms with Crippen molar-refractivity contribution in [2.24, 2.45) is 0 Å². The van der Waals surface area contributed by atoms with Gasteiger partial charge in [-0.25, -0.2) is 0 Å². The Labute approximate surface area is 154 Å². The van der Waals surface area contributed by atoms with E-state index >= 15 is 0 Å². The molecule has 0 spiro atoms. The first kappa shape index (κ1) is 16.5. The van der Waals surface area contributed by atoms with Crippen LogP contribution in [0.25, 0.3) is 11.4 Å². The summed E-state index contributed by atoms with van der Waals surface area (Å²) in [6.07, 6.45) is 0.721. The van der Waals surface area contributed by atoms with Gasteiger partial charge >= 0.3 is 0 Å². The maximum Gasteiger partial charge on any atom is 0.244 e. The van der Waals surface area contributed by atoms with Crippen LogP contribution in [-0.2, 0) is 11.3 Å². The van der Waals surface area contributed by atoms with Crippen molar-refractivity contribution < 1.29 is 9.53 Å². The first-order chi connectivity index (χ1) is 12.7. The number of carbonyl (C=O) groups is 1. The fourth-order valence-electron chi connectivity index (χ4n) is 2.92. The molecule has 1 aliphatic rings. The summed E-state index contributed by atoms with van der Waals surface area (Å²) >= 11 is 6.14. The number of amides is 1. The topological polar surface area (TPSA) is 81.9 Å². The molecule has 2 aromatic carbocycles. The smallest absolute Gasteiger partial charge is 0.244 e. The molecule has 1 atom stereocenters. The second-order valence-electron chi connectivity index (χ2n) is 5.92. The van der Waals surface area contributed by atoms with Gasteiger partial charge in [-0.05, 0) is 23.4 Å². The molecule has 1 aliphatic heterocycles. The van der Waals surface area contributed by atoms with Crippen molar-refractivity contribution in [2.45, 2.75) is 19.0 Å². The van der Waals surface area contributed by atoms with E-state index in [1.807, 2.05) is 42.5 Å². The van der Waals surface area contributed by atoms with Crippen LogP contribution in [0.4, 0.5) is 0 Å². The number of hydrogen-bond acceptors (Lipinski definition) is 5. The molecule has 1 N–H and O–H groups in total. The summed E-state index contributed by atoms with van der Waals surface area (Å²) in [5.74, 6) is 1.01. The molecule has 0 saturated carbocycles. The van der Waals surface area contributed by atoms with Gasteiger partial charge in [0.15, 0.2) is 0 Å². The molecule has 26 heavy (non-hydrogen) atoms. The van der Waals surface area contributed by atoms with Gasteiger partial charge in [0.05, 0.1) is 17.7 Å². The van der Waals surface area contributed by atoms with Gasteiger partial charge in [0.25, 0.3) is 0 Å². The Kier molecular flexibility index (Phi) is 4.53. The lowest BCUT2D eigenvalue weighted by molar-refractivity contribution is -0.123. The van der Waals surface area contributed by atoms with E-state index in [0.717, 1.165) is 17.7 Å². The lowest BCUT2D eigenvalue weighted by atomic mass is 10.0. The number of halogens is 1. The maximum atomic E-state index is 12.4. The molecule has 0 saturated heterocycles. The minimum Gasteiger partial charge on any atom is -0.493 e. The van der Waals surface area contributed by atoms with Gasteiger partial charge in [-0.15, -0.1) is 10.2 Å². The third-order valence-corrected chi connectivity index (χ3v) is 4.48. The zero-order valence-electron chi connectivity index (χ0n) is 13.8. The largest absolute Gasteiger partial charge is 0.493 e. The summed E-state index contributed by atoms with van der Waals surface area (Å²) in [4.78, 5) is 13.7. The normalized spacial score (nSPS) is 15.8. The average Bonchev–Trinajstić information content (AvgIpc) is 3.10. The monoisotopic (exact) mass is 369 g/mol. The SMILES string of the molecule is O=C(Cn1nnc(-c2ccccc2Cl)n1)N[C@@H]1CCOc2ccccc21. The van der Waals surface area contributed by atoms with Crippen molar-refractivity contribution in [1.82, 2.24) is 25.5 Å². The van der Waals surface area contributed by atoms with Gasteiger partial charge < -0.3 is 10.1 Å². The number of nitrogens with zero attached hydrogens (tertiary/aromatic N) is 4. The minimum atomic E-state index is -0.185. The van der Waals surface area contributed by atoms with E-state index in [9.17, 15) is 4.79 Å². The van der Waals surface area contributed by atoms with Crippen LogP contribution in [0.3, 0.4) is 0 Å². The summed E-state index contributed by atoms with van der Waals surface area (Å²) in [6, 6.07) is 14.9. The van der Waals surface area contributed by atoms with E-state index in [2.05, 4.69) is 20.7 Å². The maximum absolute atomic E-state index is 12.4. The number of ether oxygens (including phenoxy) is 1. The lowest BCUT2D eigenvalue weighted by Gasteiger charge is -2.26. The molecule has 7 nitrogen and oxygen atoms in total. The molecule has 0 radical (unpaired) electrons. The highest BCUT2D eigenvalue weighted by molar-refractivity contribution is 6.33. The van der Waals surface area contributed by atoms with E-state index in [1.54, 1.807) is 6.07 Å². The fraction of sp³-hybridized carbons (Fsp3) is 0.222. The number of hydrogen-bond donors (Lipinski definition) is 1. The summed E-state index contributed by atoms with van der Waals surface area (Å²) < 4.78 is 5.61. The Balaban J connectivity index is 1.44. The highest BCUT2D eigenvalue weighted by Crippen LogP contribution is 2.31. The number of rotatable bonds is 4. The summed E-state index contributed by atoms with van der Waals surface area (Å²) in [5.41, 5.74) is 1.66. The Morgan fingerprint density at radius 3 is 2.92 bits per heavy atom. The fourth-order valence-corrected chi connectivity index (χ4v) is 3.14.